The number of nitrogens with two attached hydrogens (primary N) is 1. The van der Waals surface area contributed by atoms with Crippen molar-refractivity contribution < 1.29 is 13.2 Å². The maximum atomic E-state index is 13.1. The molecule has 0 aromatic heterocycles. The standard InChI is InChI=1S/C22H27ClN4O3S/c23-19-5-1-18-14-21(8-4-17(18)13-19)31(29,30)27-11-9-26(10-12-27)22(28)16-2-6-20(7-3-16)25-15-24/h1,4-5,8,13-16,20H,2-3,6-7,9-12H2,(H2,24,25). The van der Waals surface area contributed by atoms with Crippen LogP contribution in [0.4, 0.5) is 0 Å². The summed E-state index contributed by atoms with van der Waals surface area (Å²) in [7, 11) is -3.62. The number of carbonyl (C=O) groups excluding carboxylic acids is 1. The molecule has 9 heteroatoms. The quantitative estimate of drug-likeness (QED) is 0.558. The predicted octanol–water partition coefficient (Wildman–Crippen LogP) is 2.87. The van der Waals surface area contributed by atoms with Crippen molar-refractivity contribution in [3.05, 3.63) is 41.4 Å². The average Bonchev–Trinajstić information content (AvgIpc) is 2.79. The van der Waals surface area contributed by atoms with Gasteiger partial charge in [0.2, 0.25) is 15.9 Å². The number of carbonyl (C=O) groups is 1. The SMILES string of the molecule is NC=NC1CCC(C(=O)N2CCN(S(=O)(=O)c3ccc4cc(Cl)ccc4c3)CC2)CC1. The molecule has 0 bridgehead atoms. The van der Waals surface area contributed by atoms with Gasteiger partial charge in [0.05, 0.1) is 17.3 Å². The Labute approximate surface area is 187 Å². The molecule has 0 spiro atoms. The van der Waals surface area contributed by atoms with Crippen molar-refractivity contribution in [2.75, 3.05) is 26.2 Å². The van der Waals surface area contributed by atoms with Crippen molar-refractivity contribution in [3.8, 4) is 0 Å². The molecule has 0 atom stereocenters. The molecule has 31 heavy (non-hydrogen) atoms. The summed E-state index contributed by atoms with van der Waals surface area (Å²) < 4.78 is 27.8. The van der Waals surface area contributed by atoms with E-state index in [1.165, 1.54) is 10.6 Å². The number of hydrogen-bond acceptors (Lipinski definition) is 4. The average molecular weight is 463 g/mol. The van der Waals surface area contributed by atoms with Crippen molar-refractivity contribution in [1.29, 1.82) is 0 Å². The summed E-state index contributed by atoms with van der Waals surface area (Å²) >= 11 is 6.02. The lowest BCUT2D eigenvalue weighted by atomic mass is 9.85. The molecule has 7 nitrogen and oxygen atoms in total. The third-order valence-electron chi connectivity index (χ3n) is 6.30. The van der Waals surface area contributed by atoms with Crippen LogP contribution in [0.15, 0.2) is 46.3 Å². The van der Waals surface area contributed by atoms with E-state index in [1.54, 1.807) is 24.3 Å². The Kier molecular flexibility index (Phi) is 6.50. The topological polar surface area (TPSA) is 96.1 Å². The van der Waals surface area contributed by atoms with E-state index in [1.807, 2.05) is 17.0 Å². The normalized spacial score (nSPS) is 23.5. The van der Waals surface area contributed by atoms with Gasteiger partial charge in [0.1, 0.15) is 0 Å². The molecule has 1 saturated carbocycles. The zero-order chi connectivity index (χ0) is 22.0. The molecule has 2 aromatic rings. The number of sulfonamides is 1. The summed E-state index contributed by atoms with van der Waals surface area (Å²) in [5.74, 6) is 0.134. The zero-order valence-corrected chi connectivity index (χ0v) is 18.9. The molecule has 1 aliphatic heterocycles. The van der Waals surface area contributed by atoms with E-state index in [-0.39, 0.29) is 22.8 Å². The number of fused-ring (bicyclic) bond motifs is 1. The number of rotatable bonds is 4. The van der Waals surface area contributed by atoms with E-state index in [4.69, 9.17) is 17.3 Å². The fourth-order valence-electron chi connectivity index (χ4n) is 4.50. The molecule has 4 rings (SSSR count). The van der Waals surface area contributed by atoms with Crippen molar-refractivity contribution in [2.45, 2.75) is 36.6 Å². The van der Waals surface area contributed by atoms with E-state index in [0.29, 0.717) is 31.2 Å². The van der Waals surface area contributed by atoms with E-state index >= 15 is 0 Å². The lowest BCUT2D eigenvalue weighted by molar-refractivity contribution is -0.137. The van der Waals surface area contributed by atoms with Crippen LogP contribution in [-0.4, -0.2) is 62.1 Å². The molecule has 0 radical (unpaired) electrons. The van der Waals surface area contributed by atoms with Crippen LogP contribution in [-0.2, 0) is 14.8 Å². The molecule has 1 aliphatic carbocycles. The fourth-order valence-corrected chi connectivity index (χ4v) is 6.14. The van der Waals surface area contributed by atoms with Crippen molar-refractivity contribution in [3.63, 3.8) is 0 Å². The molecule has 1 heterocycles. The Bertz CT molecular complexity index is 1090. The minimum Gasteiger partial charge on any atom is -0.390 e. The van der Waals surface area contributed by atoms with Gasteiger partial charge >= 0.3 is 0 Å². The Hall–Kier alpha value is -2.16. The molecule has 2 aliphatic rings. The summed E-state index contributed by atoms with van der Waals surface area (Å²) in [6.07, 6.45) is 4.69. The minimum atomic E-state index is -3.62. The molecular formula is C22H27ClN4O3S. The highest BCUT2D eigenvalue weighted by Crippen LogP contribution is 2.29. The molecule has 0 unspecified atom stereocenters. The number of piperazine rings is 1. The molecule has 2 fully saturated rings. The summed E-state index contributed by atoms with van der Waals surface area (Å²) in [6, 6.07) is 10.7. The fraction of sp³-hybridized carbons (Fsp3) is 0.455. The van der Waals surface area contributed by atoms with Gasteiger partial charge < -0.3 is 10.6 Å². The third kappa shape index (κ3) is 4.71. The van der Waals surface area contributed by atoms with Gasteiger partial charge in [0.25, 0.3) is 0 Å². The van der Waals surface area contributed by atoms with Crippen LogP contribution in [0.2, 0.25) is 5.02 Å². The summed E-state index contributed by atoms with van der Waals surface area (Å²) in [5.41, 5.74) is 5.37. The van der Waals surface area contributed by atoms with Gasteiger partial charge in [-0.25, -0.2) is 8.42 Å². The highest BCUT2D eigenvalue weighted by atomic mass is 35.5. The maximum absolute atomic E-state index is 13.1. The first-order valence-corrected chi connectivity index (χ1v) is 12.4. The first kappa shape index (κ1) is 22.0. The lowest BCUT2D eigenvalue weighted by Crippen LogP contribution is -2.52. The minimum absolute atomic E-state index is 0.000284. The first-order chi connectivity index (χ1) is 14.9. The number of hydrogen-bond donors (Lipinski definition) is 1. The van der Waals surface area contributed by atoms with Crippen LogP contribution < -0.4 is 5.73 Å². The highest BCUT2D eigenvalue weighted by molar-refractivity contribution is 7.89. The molecule has 2 aromatic carbocycles. The van der Waals surface area contributed by atoms with Gasteiger partial charge in [0, 0.05) is 37.1 Å². The molecule has 1 amide bonds. The summed E-state index contributed by atoms with van der Waals surface area (Å²) in [6.45, 7) is 1.45. The number of halogens is 1. The van der Waals surface area contributed by atoms with E-state index < -0.39 is 10.0 Å². The Morgan fingerprint density at radius 3 is 2.32 bits per heavy atom. The Morgan fingerprint density at radius 1 is 1.00 bits per heavy atom. The van der Waals surface area contributed by atoms with Crippen LogP contribution >= 0.6 is 11.6 Å². The van der Waals surface area contributed by atoms with Crippen LogP contribution in [0.5, 0.6) is 0 Å². The van der Waals surface area contributed by atoms with Crippen molar-refractivity contribution >= 4 is 44.6 Å². The predicted molar refractivity (Wildman–Crippen MR) is 123 cm³/mol. The Balaban J connectivity index is 1.39. The number of amides is 1. The second kappa shape index (κ2) is 9.14. The van der Waals surface area contributed by atoms with E-state index in [2.05, 4.69) is 4.99 Å². The number of aliphatic imine (C=N–C) groups is 1. The zero-order valence-electron chi connectivity index (χ0n) is 17.3. The van der Waals surface area contributed by atoms with Gasteiger partial charge in [-0.2, -0.15) is 4.31 Å². The van der Waals surface area contributed by atoms with E-state index in [9.17, 15) is 13.2 Å². The smallest absolute Gasteiger partial charge is 0.243 e. The van der Waals surface area contributed by atoms with Crippen molar-refractivity contribution in [2.24, 2.45) is 16.6 Å². The first-order valence-electron chi connectivity index (χ1n) is 10.6. The van der Waals surface area contributed by atoms with Crippen LogP contribution in [0.1, 0.15) is 25.7 Å². The van der Waals surface area contributed by atoms with Crippen molar-refractivity contribution in [1.82, 2.24) is 9.21 Å². The van der Waals surface area contributed by atoms with Gasteiger partial charge in [-0.15, -0.1) is 0 Å². The van der Waals surface area contributed by atoms with Gasteiger partial charge in [-0.3, -0.25) is 9.79 Å². The monoisotopic (exact) mass is 462 g/mol. The molecule has 2 N–H and O–H groups in total. The third-order valence-corrected chi connectivity index (χ3v) is 8.43. The lowest BCUT2D eigenvalue weighted by Gasteiger charge is -2.37. The van der Waals surface area contributed by atoms with Gasteiger partial charge in [-0.05, 0) is 60.7 Å². The molecule has 1 saturated heterocycles. The van der Waals surface area contributed by atoms with Crippen LogP contribution in [0.25, 0.3) is 10.8 Å². The van der Waals surface area contributed by atoms with Crippen LogP contribution in [0, 0.1) is 5.92 Å². The number of benzene rings is 2. The number of nitrogens with zero attached hydrogens (tertiary/aromatic N) is 3. The summed E-state index contributed by atoms with van der Waals surface area (Å²) in [4.78, 5) is 19.2. The second-order valence-corrected chi connectivity index (χ2v) is 10.6. The van der Waals surface area contributed by atoms with E-state index in [0.717, 1.165) is 36.5 Å². The molecular weight excluding hydrogens is 436 g/mol. The van der Waals surface area contributed by atoms with Gasteiger partial charge in [-0.1, -0.05) is 23.7 Å². The highest BCUT2D eigenvalue weighted by Gasteiger charge is 2.34. The van der Waals surface area contributed by atoms with Gasteiger partial charge in [0.15, 0.2) is 0 Å². The maximum Gasteiger partial charge on any atom is 0.243 e. The summed E-state index contributed by atoms with van der Waals surface area (Å²) in [5, 5.41) is 2.34. The largest absolute Gasteiger partial charge is 0.390 e. The Morgan fingerprint density at radius 2 is 1.65 bits per heavy atom. The molecule has 166 valence electrons. The second-order valence-electron chi connectivity index (χ2n) is 8.19. The van der Waals surface area contributed by atoms with Crippen LogP contribution in [0.3, 0.4) is 0 Å².